The number of para-hydroxylation sites is 1. The van der Waals surface area contributed by atoms with Gasteiger partial charge in [-0.3, -0.25) is 4.79 Å². The predicted molar refractivity (Wildman–Crippen MR) is 115 cm³/mol. The summed E-state index contributed by atoms with van der Waals surface area (Å²) in [7, 11) is 1.57. The van der Waals surface area contributed by atoms with Gasteiger partial charge in [0.15, 0.2) is 6.61 Å². The van der Waals surface area contributed by atoms with E-state index < -0.39 is 0 Å². The summed E-state index contributed by atoms with van der Waals surface area (Å²) in [5, 5.41) is 3.99. The summed E-state index contributed by atoms with van der Waals surface area (Å²) in [6.45, 7) is 6.18. The fraction of sp³-hybridized carbons (Fsp3) is 0.300. The van der Waals surface area contributed by atoms with Gasteiger partial charge < -0.3 is 9.47 Å². The maximum absolute atomic E-state index is 12.1. The van der Waals surface area contributed by atoms with Crippen LogP contribution in [0.1, 0.15) is 31.9 Å². The van der Waals surface area contributed by atoms with Crippen LogP contribution in [0.3, 0.4) is 0 Å². The van der Waals surface area contributed by atoms with Crippen molar-refractivity contribution in [1.29, 1.82) is 0 Å². The van der Waals surface area contributed by atoms with Crippen LogP contribution in [-0.4, -0.2) is 25.8 Å². The van der Waals surface area contributed by atoms with E-state index in [1.54, 1.807) is 7.11 Å². The molecule has 0 atom stereocenters. The maximum Gasteiger partial charge on any atom is 0.277 e. The lowest BCUT2D eigenvalue weighted by Gasteiger charge is -2.22. The molecule has 0 fully saturated rings. The molecule has 1 amide bonds. The number of amides is 1. The van der Waals surface area contributed by atoms with Crippen molar-refractivity contribution in [3.8, 4) is 11.5 Å². The van der Waals surface area contributed by atoms with Gasteiger partial charge in [0.05, 0.1) is 17.8 Å². The van der Waals surface area contributed by atoms with E-state index in [1.807, 2.05) is 36.4 Å². The molecule has 1 N–H and O–H groups in total. The number of nitrogens with one attached hydrogen (secondary N) is 1. The smallest absolute Gasteiger partial charge is 0.277 e. The normalized spacial score (nSPS) is 11.5. The number of rotatable bonds is 6. The lowest BCUT2D eigenvalue weighted by molar-refractivity contribution is -0.123. The standard InChI is InChI=1S/C20H22Br2N2O3/c1-20(2,3)15-7-5-6-8-17(15)27-12-18(25)24-23-11-13-9-14(21)10-16(22)19(13)26-4/h5-11H,12H2,1-4H3,(H,24,25)/b23-11+. The number of hydrazone groups is 1. The Bertz CT molecular complexity index is 846. The highest BCUT2D eigenvalue weighted by Crippen LogP contribution is 2.32. The molecule has 0 aliphatic heterocycles. The fourth-order valence-electron chi connectivity index (χ4n) is 2.45. The molecule has 0 unspecified atom stereocenters. The summed E-state index contributed by atoms with van der Waals surface area (Å²) in [6, 6.07) is 11.4. The quantitative estimate of drug-likeness (QED) is 0.449. The van der Waals surface area contributed by atoms with E-state index in [9.17, 15) is 4.79 Å². The Morgan fingerprint density at radius 2 is 1.93 bits per heavy atom. The van der Waals surface area contributed by atoms with Crippen molar-refractivity contribution in [1.82, 2.24) is 5.43 Å². The van der Waals surface area contributed by atoms with Gasteiger partial charge in [0.1, 0.15) is 11.5 Å². The molecule has 0 bridgehead atoms. The molecule has 0 heterocycles. The number of hydrogen-bond donors (Lipinski definition) is 1. The van der Waals surface area contributed by atoms with Crippen molar-refractivity contribution in [2.45, 2.75) is 26.2 Å². The van der Waals surface area contributed by atoms with Crippen molar-refractivity contribution in [2.75, 3.05) is 13.7 Å². The Labute approximate surface area is 176 Å². The van der Waals surface area contributed by atoms with Crippen molar-refractivity contribution < 1.29 is 14.3 Å². The first kappa shape index (κ1) is 21.4. The number of ether oxygens (including phenoxy) is 2. The third kappa shape index (κ3) is 6.07. The van der Waals surface area contributed by atoms with Gasteiger partial charge in [-0.25, -0.2) is 5.43 Å². The second kappa shape index (κ2) is 9.37. The van der Waals surface area contributed by atoms with Crippen LogP contribution in [0.15, 0.2) is 50.4 Å². The topological polar surface area (TPSA) is 59.9 Å². The molecule has 0 saturated heterocycles. The average Bonchev–Trinajstić information content (AvgIpc) is 2.59. The van der Waals surface area contributed by atoms with Crippen LogP contribution >= 0.6 is 31.9 Å². The Kier molecular flexibility index (Phi) is 7.44. The molecule has 0 saturated carbocycles. The largest absolute Gasteiger partial charge is 0.495 e. The Morgan fingerprint density at radius 1 is 1.22 bits per heavy atom. The number of hydrogen-bond acceptors (Lipinski definition) is 4. The van der Waals surface area contributed by atoms with Gasteiger partial charge in [0, 0.05) is 10.0 Å². The van der Waals surface area contributed by atoms with Gasteiger partial charge in [-0.15, -0.1) is 0 Å². The Balaban J connectivity index is 1.99. The summed E-state index contributed by atoms with van der Waals surface area (Å²) in [5.74, 6) is 0.983. The van der Waals surface area contributed by atoms with Crippen LogP contribution in [-0.2, 0) is 10.2 Å². The van der Waals surface area contributed by atoms with E-state index in [-0.39, 0.29) is 17.9 Å². The minimum Gasteiger partial charge on any atom is -0.495 e. The maximum atomic E-state index is 12.1. The second-order valence-corrected chi connectivity index (χ2v) is 8.61. The van der Waals surface area contributed by atoms with Crippen LogP contribution in [0, 0.1) is 0 Å². The molecule has 0 spiro atoms. The van der Waals surface area contributed by atoms with Crippen molar-refractivity contribution in [2.24, 2.45) is 5.10 Å². The molecule has 0 aliphatic rings. The molecule has 7 heteroatoms. The molecule has 2 rings (SSSR count). The Hall–Kier alpha value is -1.86. The molecule has 5 nitrogen and oxygen atoms in total. The van der Waals surface area contributed by atoms with E-state index in [0.717, 1.165) is 20.1 Å². The molecular weight excluding hydrogens is 476 g/mol. The first-order chi connectivity index (χ1) is 12.7. The summed E-state index contributed by atoms with van der Waals surface area (Å²) < 4.78 is 12.7. The molecule has 2 aromatic carbocycles. The Morgan fingerprint density at radius 3 is 2.59 bits per heavy atom. The number of benzene rings is 2. The lowest BCUT2D eigenvalue weighted by Crippen LogP contribution is -2.25. The zero-order valence-corrected chi connectivity index (χ0v) is 18.8. The van der Waals surface area contributed by atoms with Crippen LogP contribution < -0.4 is 14.9 Å². The lowest BCUT2D eigenvalue weighted by atomic mass is 9.86. The third-order valence-corrected chi connectivity index (χ3v) is 4.73. The number of carbonyl (C=O) groups is 1. The van der Waals surface area contributed by atoms with Crippen molar-refractivity contribution in [3.05, 3.63) is 56.5 Å². The molecule has 0 radical (unpaired) electrons. The highest BCUT2D eigenvalue weighted by molar-refractivity contribution is 9.11. The molecule has 2 aromatic rings. The van der Waals surface area contributed by atoms with E-state index in [4.69, 9.17) is 9.47 Å². The van der Waals surface area contributed by atoms with Gasteiger partial charge in [-0.1, -0.05) is 54.9 Å². The molecule has 144 valence electrons. The molecule has 27 heavy (non-hydrogen) atoms. The number of nitrogens with zero attached hydrogens (tertiary/aromatic N) is 1. The first-order valence-electron chi connectivity index (χ1n) is 8.29. The fourth-order valence-corrected chi connectivity index (χ4v) is 3.87. The third-order valence-electron chi connectivity index (χ3n) is 3.69. The highest BCUT2D eigenvalue weighted by Gasteiger charge is 2.18. The first-order valence-corrected chi connectivity index (χ1v) is 9.88. The highest BCUT2D eigenvalue weighted by atomic mass is 79.9. The van der Waals surface area contributed by atoms with Crippen LogP contribution in [0.2, 0.25) is 0 Å². The molecular formula is C20H22Br2N2O3. The second-order valence-electron chi connectivity index (χ2n) is 6.84. The molecule has 0 aliphatic carbocycles. The number of halogens is 2. The summed E-state index contributed by atoms with van der Waals surface area (Å²) in [6.07, 6.45) is 1.52. The van der Waals surface area contributed by atoms with Gasteiger partial charge >= 0.3 is 0 Å². The van der Waals surface area contributed by atoms with Crippen LogP contribution in [0.5, 0.6) is 11.5 Å². The van der Waals surface area contributed by atoms with Gasteiger partial charge in [0.2, 0.25) is 0 Å². The SMILES string of the molecule is COc1c(Br)cc(Br)cc1/C=N/NC(=O)COc1ccccc1C(C)(C)C. The minimum absolute atomic E-state index is 0.0736. The summed E-state index contributed by atoms with van der Waals surface area (Å²) in [4.78, 5) is 12.1. The van der Waals surface area contributed by atoms with Crippen molar-refractivity contribution >= 4 is 44.0 Å². The zero-order chi connectivity index (χ0) is 20.0. The average molecular weight is 498 g/mol. The van der Waals surface area contributed by atoms with Gasteiger partial charge in [0.25, 0.3) is 5.91 Å². The van der Waals surface area contributed by atoms with Crippen LogP contribution in [0.4, 0.5) is 0 Å². The minimum atomic E-state index is -0.344. The monoisotopic (exact) mass is 496 g/mol. The van der Waals surface area contributed by atoms with Gasteiger partial charge in [-0.05, 0) is 45.1 Å². The summed E-state index contributed by atoms with van der Waals surface area (Å²) in [5.41, 5.74) is 4.16. The number of carbonyl (C=O) groups excluding carboxylic acids is 1. The molecule has 0 aromatic heterocycles. The number of methoxy groups -OCH3 is 1. The van der Waals surface area contributed by atoms with Crippen molar-refractivity contribution in [3.63, 3.8) is 0 Å². The van der Waals surface area contributed by atoms with Gasteiger partial charge in [-0.2, -0.15) is 5.10 Å². The van der Waals surface area contributed by atoms with E-state index in [0.29, 0.717) is 11.5 Å². The summed E-state index contributed by atoms with van der Waals surface area (Å²) >= 11 is 6.84. The van der Waals surface area contributed by atoms with E-state index in [2.05, 4.69) is 63.2 Å². The van der Waals surface area contributed by atoms with Crippen LogP contribution in [0.25, 0.3) is 0 Å². The van der Waals surface area contributed by atoms with E-state index in [1.165, 1.54) is 6.21 Å². The van der Waals surface area contributed by atoms with E-state index >= 15 is 0 Å². The predicted octanol–water partition coefficient (Wildman–Crippen LogP) is 5.05. The zero-order valence-electron chi connectivity index (χ0n) is 15.7.